The number of hydrogen-bond donors (Lipinski definition) is 2. The SMILES string of the molecule is O=C(CC(CS(=O)O)C(=O)O)c1ccc(-c2ccc(Cl)cc2)cc1.c1ccccc1. The predicted molar refractivity (Wildman–Crippen MR) is 119 cm³/mol. The van der Waals surface area contributed by atoms with Crippen LogP contribution in [0.3, 0.4) is 0 Å². The van der Waals surface area contributed by atoms with Gasteiger partial charge >= 0.3 is 5.97 Å². The topological polar surface area (TPSA) is 91.7 Å². The summed E-state index contributed by atoms with van der Waals surface area (Å²) in [5.41, 5.74) is 2.20. The van der Waals surface area contributed by atoms with Gasteiger partial charge in [-0.2, -0.15) is 0 Å². The third-order valence-electron chi connectivity index (χ3n) is 4.18. The van der Waals surface area contributed by atoms with Gasteiger partial charge < -0.3 is 9.66 Å². The minimum absolute atomic E-state index is 0.318. The molecule has 156 valence electrons. The van der Waals surface area contributed by atoms with Gasteiger partial charge in [0.2, 0.25) is 0 Å². The highest BCUT2D eigenvalue weighted by molar-refractivity contribution is 7.79. The molecule has 0 aliphatic heterocycles. The molecule has 0 amide bonds. The summed E-state index contributed by atoms with van der Waals surface area (Å²) < 4.78 is 19.6. The van der Waals surface area contributed by atoms with E-state index < -0.39 is 28.7 Å². The van der Waals surface area contributed by atoms with Gasteiger partial charge in [0.15, 0.2) is 16.9 Å². The van der Waals surface area contributed by atoms with Crippen molar-refractivity contribution in [1.29, 1.82) is 0 Å². The van der Waals surface area contributed by atoms with Crippen LogP contribution in [-0.4, -0.2) is 31.4 Å². The van der Waals surface area contributed by atoms with E-state index >= 15 is 0 Å². The van der Waals surface area contributed by atoms with Crippen LogP contribution in [-0.2, 0) is 15.9 Å². The van der Waals surface area contributed by atoms with Crippen molar-refractivity contribution >= 4 is 34.4 Å². The number of carbonyl (C=O) groups excluding carboxylic acids is 1. The van der Waals surface area contributed by atoms with Crippen LogP contribution < -0.4 is 0 Å². The molecule has 30 heavy (non-hydrogen) atoms. The summed E-state index contributed by atoms with van der Waals surface area (Å²) in [6.45, 7) is 0. The zero-order valence-corrected chi connectivity index (χ0v) is 17.6. The zero-order valence-electron chi connectivity index (χ0n) is 16.0. The van der Waals surface area contributed by atoms with Gasteiger partial charge in [0.1, 0.15) is 0 Å². The summed E-state index contributed by atoms with van der Waals surface area (Å²) in [5.74, 6) is -3.29. The molecule has 0 spiro atoms. The maximum Gasteiger partial charge on any atom is 0.307 e. The molecular formula is C23H21ClO5S. The molecule has 0 aliphatic carbocycles. The number of halogens is 1. The molecule has 0 aromatic heterocycles. The van der Waals surface area contributed by atoms with Crippen LogP contribution in [0.2, 0.25) is 5.02 Å². The number of benzene rings is 3. The maximum absolute atomic E-state index is 12.2. The van der Waals surface area contributed by atoms with E-state index in [9.17, 15) is 13.8 Å². The minimum Gasteiger partial charge on any atom is -0.481 e. The highest BCUT2D eigenvalue weighted by Gasteiger charge is 2.24. The Hall–Kier alpha value is -2.80. The van der Waals surface area contributed by atoms with Gasteiger partial charge in [-0.25, -0.2) is 4.21 Å². The van der Waals surface area contributed by atoms with Crippen LogP contribution in [0.4, 0.5) is 0 Å². The lowest BCUT2D eigenvalue weighted by molar-refractivity contribution is -0.140. The Bertz CT molecular complexity index is 946. The molecule has 3 aromatic carbocycles. The largest absolute Gasteiger partial charge is 0.481 e. The Balaban J connectivity index is 0.000000456. The van der Waals surface area contributed by atoms with E-state index in [-0.39, 0.29) is 12.2 Å². The first-order chi connectivity index (χ1) is 14.4. The maximum atomic E-state index is 12.2. The fourth-order valence-corrected chi connectivity index (χ4v) is 3.34. The number of carboxylic acids is 1. The molecule has 3 rings (SSSR count). The molecular weight excluding hydrogens is 424 g/mol. The lowest BCUT2D eigenvalue weighted by Gasteiger charge is -2.09. The Kier molecular flexibility index (Phi) is 9.41. The number of carbonyl (C=O) groups is 2. The molecule has 5 nitrogen and oxygen atoms in total. The molecule has 2 N–H and O–H groups in total. The molecule has 2 atom stereocenters. The summed E-state index contributed by atoms with van der Waals surface area (Å²) >= 11 is 3.58. The Labute approximate surface area is 182 Å². The number of hydrogen-bond acceptors (Lipinski definition) is 3. The van der Waals surface area contributed by atoms with Crippen LogP contribution >= 0.6 is 11.6 Å². The van der Waals surface area contributed by atoms with E-state index in [0.29, 0.717) is 10.6 Å². The van der Waals surface area contributed by atoms with Gasteiger partial charge in [-0.05, 0) is 23.3 Å². The number of ketones is 1. The van der Waals surface area contributed by atoms with Crippen molar-refractivity contribution in [2.75, 3.05) is 5.75 Å². The molecule has 2 unspecified atom stereocenters. The van der Waals surface area contributed by atoms with Crippen molar-refractivity contribution in [2.45, 2.75) is 6.42 Å². The molecule has 0 fully saturated rings. The Morgan fingerprint density at radius 3 is 1.67 bits per heavy atom. The van der Waals surface area contributed by atoms with Crippen molar-refractivity contribution in [3.63, 3.8) is 0 Å². The second-order valence-corrected chi connectivity index (χ2v) is 7.80. The average molecular weight is 445 g/mol. The van der Waals surface area contributed by atoms with Crippen molar-refractivity contribution in [1.82, 2.24) is 0 Å². The highest BCUT2D eigenvalue weighted by atomic mass is 35.5. The molecule has 0 aliphatic rings. The monoisotopic (exact) mass is 444 g/mol. The smallest absolute Gasteiger partial charge is 0.307 e. The second kappa shape index (κ2) is 12.0. The summed E-state index contributed by atoms with van der Waals surface area (Å²) in [6, 6.07) is 26.0. The summed E-state index contributed by atoms with van der Waals surface area (Å²) in [7, 11) is 0. The normalized spacial score (nSPS) is 12.2. The van der Waals surface area contributed by atoms with Gasteiger partial charge in [-0.3, -0.25) is 9.59 Å². The third kappa shape index (κ3) is 7.91. The Morgan fingerprint density at radius 2 is 1.27 bits per heavy atom. The van der Waals surface area contributed by atoms with E-state index in [4.69, 9.17) is 21.3 Å². The van der Waals surface area contributed by atoms with Crippen LogP contribution in [0.5, 0.6) is 0 Å². The average Bonchev–Trinajstić information content (AvgIpc) is 2.75. The summed E-state index contributed by atoms with van der Waals surface area (Å²) in [6.07, 6.45) is -0.318. The molecule has 3 aromatic rings. The van der Waals surface area contributed by atoms with Gasteiger partial charge in [-0.1, -0.05) is 84.4 Å². The van der Waals surface area contributed by atoms with Crippen LogP contribution in [0, 0.1) is 5.92 Å². The van der Waals surface area contributed by atoms with E-state index in [1.807, 2.05) is 48.5 Å². The third-order valence-corrected chi connectivity index (χ3v) is 5.12. The molecule has 7 heteroatoms. The van der Waals surface area contributed by atoms with Crippen molar-refractivity contribution < 1.29 is 23.5 Å². The standard InChI is InChI=1S/C17H15ClO5S.C6H6/c18-15-7-5-12(6-8-15)11-1-3-13(4-2-11)16(19)9-14(17(20)21)10-24(22)23;1-2-4-6-5-3-1/h1-8,14H,9-10H2,(H,20,21)(H,22,23);1-6H. The fourth-order valence-electron chi connectivity index (χ4n) is 2.61. The lowest BCUT2D eigenvalue weighted by atomic mass is 9.97. The van der Waals surface area contributed by atoms with Gasteiger partial charge in [0, 0.05) is 17.0 Å². The molecule has 0 bridgehead atoms. The van der Waals surface area contributed by atoms with Crippen LogP contribution in [0.1, 0.15) is 16.8 Å². The van der Waals surface area contributed by atoms with Crippen molar-refractivity contribution in [3.8, 4) is 11.1 Å². The lowest BCUT2D eigenvalue weighted by Crippen LogP contribution is -2.23. The molecule has 0 saturated heterocycles. The summed E-state index contributed by atoms with van der Waals surface area (Å²) in [5, 5.41) is 9.66. The first-order valence-corrected chi connectivity index (χ1v) is 10.7. The summed E-state index contributed by atoms with van der Waals surface area (Å²) in [4.78, 5) is 23.2. The number of aliphatic carboxylic acids is 1. The van der Waals surface area contributed by atoms with Gasteiger partial charge in [-0.15, -0.1) is 0 Å². The molecule has 0 saturated carbocycles. The number of Topliss-reactive ketones (excluding diaryl/α,β-unsaturated/α-hetero) is 1. The Morgan fingerprint density at radius 1 is 0.833 bits per heavy atom. The first kappa shape index (κ1) is 23.5. The van der Waals surface area contributed by atoms with Crippen LogP contribution in [0.25, 0.3) is 11.1 Å². The number of rotatable bonds is 7. The van der Waals surface area contributed by atoms with E-state index in [0.717, 1.165) is 11.1 Å². The molecule has 0 radical (unpaired) electrons. The first-order valence-electron chi connectivity index (χ1n) is 9.06. The number of carboxylic acid groups (broad SMARTS) is 1. The van der Waals surface area contributed by atoms with Crippen LogP contribution in [0.15, 0.2) is 84.9 Å². The van der Waals surface area contributed by atoms with E-state index in [2.05, 4.69) is 0 Å². The van der Waals surface area contributed by atoms with Crippen molar-refractivity contribution in [3.05, 3.63) is 95.5 Å². The van der Waals surface area contributed by atoms with Crippen molar-refractivity contribution in [2.24, 2.45) is 5.92 Å². The van der Waals surface area contributed by atoms with E-state index in [1.165, 1.54) is 0 Å². The van der Waals surface area contributed by atoms with Gasteiger partial charge in [0.05, 0.1) is 11.7 Å². The minimum atomic E-state index is -2.26. The van der Waals surface area contributed by atoms with E-state index in [1.54, 1.807) is 36.4 Å². The second-order valence-electron chi connectivity index (χ2n) is 6.39. The highest BCUT2D eigenvalue weighted by Crippen LogP contribution is 2.22. The van der Waals surface area contributed by atoms with Gasteiger partial charge in [0.25, 0.3) is 0 Å². The molecule has 0 heterocycles. The fraction of sp³-hybridized carbons (Fsp3) is 0.130. The predicted octanol–water partition coefficient (Wildman–Crippen LogP) is 5.19. The zero-order chi connectivity index (χ0) is 21.9. The quantitative estimate of drug-likeness (QED) is 0.386.